The van der Waals surface area contributed by atoms with Crippen LogP contribution in [-0.4, -0.2) is 53.8 Å². The first kappa shape index (κ1) is 14.3. The second kappa shape index (κ2) is 7.50. The number of likely N-dealkylation sites (tertiary alicyclic amines) is 1. The van der Waals surface area contributed by atoms with Gasteiger partial charge in [0.1, 0.15) is 0 Å². The molecule has 0 aliphatic carbocycles. The molecule has 108 valence electrons. The summed E-state index contributed by atoms with van der Waals surface area (Å²) in [7, 11) is 1.72. The van der Waals surface area contributed by atoms with Crippen LogP contribution in [-0.2, 0) is 11.3 Å². The number of aromatic nitrogens is 2. The fourth-order valence-electron chi connectivity index (χ4n) is 2.61. The quantitative estimate of drug-likeness (QED) is 0.779. The van der Waals surface area contributed by atoms with Crippen LogP contribution in [0.4, 0.5) is 5.95 Å². The van der Waals surface area contributed by atoms with Gasteiger partial charge in [-0.05, 0) is 45.8 Å². The van der Waals surface area contributed by atoms with Crippen molar-refractivity contribution < 1.29 is 4.74 Å². The molecule has 5 nitrogen and oxygen atoms in total. The van der Waals surface area contributed by atoms with Gasteiger partial charge in [-0.3, -0.25) is 0 Å². The number of rotatable bonds is 8. The van der Waals surface area contributed by atoms with E-state index >= 15 is 0 Å². The van der Waals surface area contributed by atoms with Gasteiger partial charge in [-0.2, -0.15) is 0 Å². The molecule has 1 fully saturated rings. The molecule has 1 N–H and O–H groups in total. The van der Waals surface area contributed by atoms with Crippen molar-refractivity contribution in [3.05, 3.63) is 12.4 Å². The molecule has 0 saturated carbocycles. The number of nitrogens with zero attached hydrogens (tertiary/aromatic N) is 3. The monoisotopic (exact) mass is 266 g/mol. The van der Waals surface area contributed by atoms with Crippen molar-refractivity contribution in [3.8, 4) is 0 Å². The zero-order valence-corrected chi connectivity index (χ0v) is 12.1. The van der Waals surface area contributed by atoms with E-state index in [-0.39, 0.29) is 6.04 Å². The van der Waals surface area contributed by atoms with E-state index < -0.39 is 0 Å². The van der Waals surface area contributed by atoms with E-state index in [1.54, 1.807) is 7.11 Å². The van der Waals surface area contributed by atoms with Crippen LogP contribution < -0.4 is 5.32 Å². The maximum atomic E-state index is 5.13. The Morgan fingerprint density at radius 2 is 2.16 bits per heavy atom. The summed E-state index contributed by atoms with van der Waals surface area (Å²) in [4.78, 5) is 6.92. The fourth-order valence-corrected chi connectivity index (χ4v) is 2.61. The largest absolute Gasteiger partial charge is 0.383 e. The van der Waals surface area contributed by atoms with Gasteiger partial charge in [0.15, 0.2) is 0 Å². The molecule has 1 atom stereocenters. The van der Waals surface area contributed by atoms with Gasteiger partial charge in [-0.15, -0.1) is 0 Å². The van der Waals surface area contributed by atoms with Crippen LogP contribution in [0, 0.1) is 0 Å². The maximum Gasteiger partial charge on any atom is 0.203 e. The molecule has 0 bridgehead atoms. The summed E-state index contributed by atoms with van der Waals surface area (Å²) >= 11 is 0. The van der Waals surface area contributed by atoms with Crippen molar-refractivity contribution in [2.45, 2.75) is 38.8 Å². The van der Waals surface area contributed by atoms with Gasteiger partial charge in [-0.25, -0.2) is 4.98 Å². The highest BCUT2D eigenvalue weighted by Crippen LogP contribution is 2.10. The number of hydrogen-bond acceptors (Lipinski definition) is 4. The average molecular weight is 266 g/mol. The first-order chi connectivity index (χ1) is 9.29. The Hall–Kier alpha value is -1.07. The second-order valence-corrected chi connectivity index (χ2v) is 5.35. The molecule has 0 amide bonds. The summed E-state index contributed by atoms with van der Waals surface area (Å²) in [6.45, 7) is 7.58. The third-order valence-electron chi connectivity index (χ3n) is 3.58. The van der Waals surface area contributed by atoms with Crippen molar-refractivity contribution in [3.63, 3.8) is 0 Å². The Morgan fingerprint density at radius 3 is 2.89 bits per heavy atom. The summed E-state index contributed by atoms with van der Waals surface area (Å²) in [5, 5.41) is 3.38. The minimum Gasteiger partial charge on any atom is -0.383 e. The number of imidazole rings is 1. The van der Waals surface area contributed by atoms with Gasteiger partial charge in [-0.1, -0.05) is 0 Å². The number of methoxy groups -OCH3 is 1. The van der Waals surface area contributed by atoms with Crippen molar-refractivity contribution in [1.29, 1.82) is 0 Å². The predicted octanol–water partition coefficient (Wildman–Crippen LogP) is 1.82. The summed E-state index contributed by atoms with van der Waals surface area (Å²) in [6, 6.07) is 0.282. The zero-order valence-electron chi connectivity index (χ0n) is 12.1. The van der Waals surface area contributed by atoms with E-state index in [9.17, 15) is 0 Å². The molecule has 0 aromatic carbocycles. The second-order valence-electron chi connectivity index (χ2n) is 5.35. The molecule has 2 rings (SSSR count). The van der Waals surface area contributed by atoms with Crippen LogP contribution >= 0.6 is 0 Å². The maximum absolute atomic E-state index is 5.13. The minimum atomic E-state index is 0.282. The van der Waals surface area contributed by atoms with Crippen LogP contribution in [0.25, 0.3) is 0 Å². The Bertz CT molecular complexity index is 360. The number of aryl methyl sites for hydroxylation is 1. The lowest BCUT2D eigenvalue weighted by Gasteiger charge is -2.17. The van der Waals surface area contributed by atoms with Crippen LogP contribution in [0.1, 0.15) is 26.2 Å². The van der Waals surface area contributed by atoms with Crippen LogP contribution in [0.15, 0.2) is 12.4 Å². The van der Waals surface area contributed by atoms with Crippen LogP contribution in [0.5, 0.6) is 0 Å². The Balaban J connectivity index is 1.75. The normalized spacial score (nSPS) is 17.8. The topological polar surface area (TPSA) is 42.3 Å². The van der Waals surface area contributed by atoms with Crippen LogP contribution in [0.3, 0.4) is 0 Å². The van der Waals surface area contributed by atoms with Crippen molar-refractivity contribution >= 4 is 5.95 Å². The lowest BCUT2D eigenvalue weighted by atomic mass is 10.3. The highest BCUT2D eigenvalue weighted by Gasteiger charge is 2.11. The Labute approximate surface area is 116 Å². The SMILES string of the molecule is COCC(C)Nc1nccn1CCCN1CCCC1. The zero-order chi connectivity index (χ0) is 13.5. The van der Waals surface area contributed by atoms with E-state index in [2.05, 4.69) is 26.7 Å². The molecule has 5 heteroatoms. The van der Waals surface area contributed by atoms with E-state index in [0.29, 0.717) is 6.61 Å². The highest BCUT2D eigenvalue weighted by atomic mass is 16.5. The summed E-state index contributed by atoms with van der Waals surface area (Å²) in [5.74, 6) is 0.950. The molecule has 19 heavy (non-hydrogen) atoms. The molecule has 1 aromatic heterocycles. The first-order valence-corrected chi connectivity index (χ1v) is 7.28. The molecule has 0 spiro atoms. The smallest absolute Gasteiger partial charge is 0.203 e. The fraction of sp³-hybridized carbons (Fsp3) is 0.786. The van der Waals surface area contributed by atoms with Crippen molar-refractivity contribution in [2.75, 3.05) is 38.7 Å². The molecule has 0 radical (unpaired) electrons. The molecule has 2 heterocycles. The van der Waals surface area contributed by atoms with Crippen LogP contribution in [0.2, 0.25) is 0 Å². The van der Waals surface area contributed by atoms with Gasteiger partial charge in [0.25, 0.3) is 0 Å². The van der Waals surface area contributed by atoms with Gasteiger partial charge >= 0.3 is 0 Å². The van der Waals surface area contributed by atoms with Gasteiger partial charge < -0.3 is 19.5 Å². The third kappa shape index (κ3) is 4.51. The first-order valence-electron chi connectivity index (χ1n) is 7.28. The number of hydrogen-bond donors (Lipinski definition) is 1. The number of anilines is 1. The molecular weight excluding hydrogens is 240 g/mol. The van der Waals surface area contributed by atoms with E-state index in [1.165, 1.54) is 38.9 Å². The predicted molar refractivity (Wildman–Crippen MR) is 77.5 cm³/mol. The average Bonchev–Trinajstić information content (AvgIpc) is 3.02. The molecule has 1 aliphatic rings. The molecule has 1 unspecified atom stereocenters. The van der Waals surface area contributed by atoms with Crippen molar-refractivity contribution in [2.24, 2.45) is 0 Å². The van der Waals surface area contributed by atoms with Crippen molar-refractivity contribution in [1.82, 2.24) is 14.5 Å². The third-order valence-corrected chi connectivity index (χ3v) is 3.58. The lowest BCUT2D eigenvalue weighted by molar-refractivity contribution is 0.190. The van der Waals surface area contributed by atoms with E-state index in [4.69, 9.17) is 4.74 Å². The van der Waals surface area contributed by atoms with Gasteiger partial charge in [0.2, 0.25) is 5.95 Å². The minimum absolute atomic E-state index is 0.282. The van der Waals surface area contributed by atoms with Gasteiger partial charge in [0, 0.05) is 32.1 Å². The molecular formula is C14H26N4O. The van der Waals surface area contributed by atoms with Gasteiger partial charge in [0.05, 0.1) is 6.61 Å². The molecule has 1 aromatic rings. The molecule has 1 saturated heterocycles. The highest BCUT2D eigenvalue weighted by molar-refractivity contribution is 5.27. The number of nitrogens with one attached hydrogen (secondary N) is 1. The summed E-state index contributed by atoms with van der Waals surface area (Å²) in [5.41, 5.74) is 0. The Kier molecular flexibility index (Phi) is 5.66. The lowest BCUT2D eigenvalue weighted by Crippen LogP contribution is -2.24. The summed E-state index contributed by atoms with van der Waals surface area (Å²) in [6.07, 6.45) is 7.83. The molecule has 1 aliphatic heterocycles. The van der Waals surface area contributed by atoms with E-state index in [1.807, 2.05) is 12.4 Å². The summed E-state index contributed by atoms with van der Waals surface area (Å²) < 4.78 is 7.33. The Morgan fingerprint density at radius 1 is 1.37 bits per heavy atom. The van der Waals surface area contributed by atoms with E-state index in [0.717, 1.165) is 12.5 Å². The standard InChI is InChI=1S/C14H26N4O/c1-13(12-19-2)16-14-15-6-11-18(14)10-5-9-17-7-3-4-8-17/h6,11,13H,3-5,7-10,12H2,1-2H3,(H,15,16). The number of ether oxygens (including phenoxy) is 1.